The second kappa shape index (κ2) is 7.28. The molecule has 30 heavy (non-hydrogen) atoms. The lowest BCUT2D eigenvalue weighted by molar-refractivity contribution is 0.610. The average molecular weight is 397 g/mol. The summed E-state index contributed by atoms with van der Waals surface area (Å²) < 4.78 is 0. The summed E-state index contributed by atoms with van der Waals surface area (Å²) in [5, 5.41) is 1.29. The van der Waals surface area contributed by atoms with Gasteiger partial charge in [-0.1, -0.05) is 19.9 Å². The molecular formula is C26H28N4. The number of hydrogen-bond donors (Lipinski definition) is 1. The molecule has 152 valence electrons. The normalized spacial score (nSPS) is 13.8. The zero-order chi connectivity index (χ0) is 20.8. The molecule has 0 unspecified atom stereocenters. The molecule has 4 aromatic rings. The van der Waals surface area contributed by atoms with Gasteiger partial charge in [0.2, 0.25) is 0 Å². The Kier molecular flexibility index (Phi) is 4.58. The molecule has 0 atom stereocenters. The highest BCUT2D eigenvalue weighted by Gasteiger charge is 2.18. The fourth-order valence-corrected chi connectivity index (χ4v) is 4.49. The maximum absolute atomic E-state index is 4.70. The fourth-order valence-electron chi connectivity index (χ4n) is 4.49. The van der Waals surface area contributed by atoms with Gasteiger partial charge in [0.1, 0.15) is 5.82 Å². The smallest absolute Gasteiger partial charge is 0.128 e. The van der Waals surface area contributed by atoms with E-state index in [1.807, 2.05) is 6.20 Å². The van der Waals surface area contributed by atoms with E-state index in [4.69, 9.17) is 4.98 Å². The Bertz CT molecular complexity index is 1190. The summed E-state index contributed by atoms with van der Waals surface area (Å²) in [7, 11) is 0. The molecule has 1 fully saturated rings. The van der Waals surface area contributed by atoms with E-state index in [-0.39, 0.29) is 0 Å². The highest BCUT2D eigenvalue weighted by atomic mass is 15.2. The zero-order valence-electron chi connectivity index (χ0n) is 18.2. The van der Waals surface area contributed by atoms with Crippen molar-refractivity contribution in [2.24, 2.45) is 0 Å². The second-order valence-electron chi connectivity index (χ2n) is 8.71. The first-order valence-electron chi connectivity index (χ1n) is 10.8. The Morgan fingerprint density at radius 3 is 2.23 bits per heavy atom. The quantitative estimate of drug-likeness (QED) is 0.444. The molecule has 0 bridgehead atoms. The number of aryl methyl sites for hydroxylation is 2. The van der Waals surface area contributed by atoms with Crippen LogP contribution in [-0.4, -0.2) is 28.0 Å². The third-order valence-corrected chi connectivity index (χ3v) is 6.05. The van der Waals surface area contributed by atoms with Crippen molar-refractivity contribution in [3.05, 3.63) is 65.6 Å². The predicted molar refractivity (Wildman–Crippen MR) is 125 cm³/mol. The van der Waals surface area contributed by atoms with Crippen LogP contribution in [0.2, 0.25) is 0 Å². The molecule has 4 nitrogen and oxygen atoms in total. The molecule has 4 heterocycles. The van der Waals surface area contributed by atoms with Crippen molar-refractivity contribution in [1.82, 2.24) is 15.0 Å². The number of hydrogen-bond acceptors (Lipinski definition) is 3. The summed E-state index contributed by atoms with van der Waals surface area (Å²) in [6, 6.07) is 15.4. The maximum atomic E-state index is 4.70. The van der Waals surface area contributed by atoms with Gasteiger partial charge in [-0.05, 0) is 73.7 Å². The van der Waals surface area contributed by atoms with Crippen LogP contribution in [0.25, 0.3) is 33.3 Å². The van der Waals surface area contributed by atoms with Crippen LogP contribution in [0.15, 0.2) is 48.7 Å². The lowest BCUT2D eigenvalue weighted by Gasteiger charge is -2.31. The lowest BCUT2D eigenvalue weighted by Crippen LogP contribution is -2.37. The van der Waals surface area contributed by atoms with Gasteiger partial charge in [0.15, 0.2) is 0 Å². The molecule has 1 N–H and O–H groups in total. The first-order valence-corrected chi connectivity index (χ1v) is 10.8. The largest absolute Gasteiger partial charge is 0.356 e. The fraction of sp³-hybridized carbons (Fsp3) is 0.308. The summed E-state index contributed by atoms with van der Waals surface area (Å²) in [6.45, 7) is 10.9. The number of rotatable bonds is 4. The van der Waals surface area contributed by atoms with Crippen LogP contribution in [0.4, 0.5) is 5.82 Å². The van der Waals surface area contributed by atoms with Gasteiger partial charge in [-0.2, -0.15) is 0 Å². The molecule has 3 aromatic heterocycles. The van der Waals surface area contributed by atoms with Gasteiger partial charge >= 0.3 is 0 Å². The van der Waals surface area contributed by atoms with Gasteiger partial charge < -0.3 is 9.88 Å². The van der Waals surface area contributed by atoms with E-state index in [0.717, 1.165) is 35.9 Å². The highest BCUT2D eigenvalue weighted by molar-refractivity contribution is 5.94. The first-order chi connectivity index (χ1) is 14.5. The van der Waals surface area contributed by atoms with Crippen molar-refractivity contribution in [2.45, 2.75) is 40.0 Å². The van der Waals surface area contributed by atoms with Crippen LogP contribution in [0.3, 0.4) is 0 Å². The summed E-state index contributed by atoms with van der Waals surface area (Å²) in [6.07, 6.45) is 3.28. The van der Waals surface area contributed by atoms with Gasteiger partial charge in [0, 0.05) is 52.7 Å². The van der Waals surface area contributed by atoms with Gasteiger partial charge in [-0.25, -0.2) is 4.98 Å². The van der Waals surface area contributed by atoms with E-state index in [0.29, 0.717) is 5.92 Å². The molecule has 1 aromatic carbocycles. The van der Waals surface area contributed by atoms with Crippen LogP contribution in [-0.2, 0) is 0 Å². The van der Waals surface area contributed by atoms with Crippen molar-refractivity contribution < 1.29 is 0 Å². The minimum absolute atomic E-state index is 0.407. The van der Waals surface area contributed by atoms with Crippen molar-refractivity contribution in [3.8, 4) is 22.4 Å². The number of fused-ring (bicyclic) bond motifs is 1. The van der Waals surface area contributed by atoms with Crippen molar-refractivity contribution in [2.75, 3.05) is 18.0 Å². The Balaban J connectivity index is 1.60. The first kappa shape index (κ1) is 18.9. The van der Waals surface area contributed by atoms with Gasteiger partial charge in [0.05, 0.1) is 5.69 Å². The Morgan fingerprint density at radius 1 is 0.900 bits per heavy atom. The zero-order valence-corrected chi connectivity index (χ0v) is 18.2. The van der Waals surface area contributed by atoms with E-state index in [1.165, 1.54) is 39.7 Å². The summed E-state index contributed by atoms with van der Waals surface area (Å²) in [4.78, 5) is 15.3. The minimum atomic E-state index is 0.407. The summed E-state index contributed by atoms with van der Waals surface area (Å²) in [5.41, 5.74) is 9.42. The molecule has 0 saturated carbocycles. The van der Waals surface area contributed by atoms with E-state index < -0.39 is 0 Å². The Morgan fingerprint density at radius 2 is 1.63 bits per heavy atom. The van der Waals surface area contributed by atoms with Gasteiger partial charge in [0.25, 0.3) is 0 Å². The topological polar surface area (TPSA) is 44.8 Å². The van der Waals surface area contributed by atoms with E-state index in [2.05, 4.69) is 85.0 Å². The maximum Gasteiger partial charge on any atom is 0.128 e. The minimum Gasteiger partial charge on any atom is -0.356 e. The average Bonchev–Trinajstić information content (AvgIpc) is 3.05. The molecule has 0 spiro atoms. The van der Waals surface area contributed by atoms with Crippen LogP contribution >= 0.6 is 0 Å². The van der Waals surface area contributed by atoms with Crippen LogP contribution in [0.5, 0.6) is 0 Å². The van der Waals surface area contributed by atoms with E-state index in [9.17, 15) is 0 Å². The number of aromatic amines is 1. The standard InChI is InChI=1S/C26H28N4/c1-16(2)25-22-14-19(20-7-9-24(27-15-20)30-10-5-11-30)6-8-23(22)29-26(25)21-12-17(3)28-18(4)13-21/h6-9,12-16,29H,5,10-11H2,1-4H3. The number of anilines is 1. The Hall–Kier alpha value is -3.14. The molecule has 4 heteroatoms. The third-order valence-electron chi connectivity index (χ3n) is 6.05. The second-order valence-corrected chi connectivity index (χ2v) is 8.71. The number of nitrogens with zero attached hydrogens (tertiary/aromatic N) is 3. The number of nitrogens with one attached hydrogen (secondary N) is 1. The van der Waals surface area contributed by atoms with Crippen LogP contribution in [0, 0.1) is 13.8 Å². The SMILES string of the molecule is Cc1cc(-c2[nH]c3ccc(-c4ccc(N5CCC5)nc4)cc3c2C(C)C)cc(C)n1. The van der Waals surface area contributed by atoms with Crippen LogP contribution < -0.4 is 4.90 Å². The molecule has 5 rings (SSSR count). The summed E-state index contributed by atoms with van der Waals surface area (Å²) >= 11 is 0. The van der Waals surface area contributed by atoms with Crippen molar-refractivity contribution in [3.63, 3.8) is 0 Å². The third kappa shape index (κ3) is 3.26. The molecule has 1 aliphatic rings. The molecule has 1 saturated heterocycles. The molecule has 0 amide bonds. The van der Waals surface area contributed by atoms with E-state index in [1.54, 1.807) is 0 Å². The number of H-pyrrole nitrogens is 1. The highest BCUT2D eigenvalue weighted by Crippen LogP contribution is 2.37. The van der Waals surface area contributed by atoms with Crippen molar-refractivity contribution in [1.29, 1.82) is 0 Å². The number of aromatic nitrogens is 3. The molecule has 1 aliphatic heterocycles. The number of benzene rings is 1. The number of pyridine rings is 2. The van der Waals surface area contributed by atoms with Gasteiger partial charge in [-0.15, -0.1) is 0 Å². The van der Waals surface area contributed by atoms with Crippen LogP contribution in [0.1, 0.15) is 43.1 Å². The Labute approximate surface area is 178 Å². The van der Waals surface area contributed by atoms with Crippen molar-refractivity contribution >= 4 is 16.7 Å². The molecular weight excluding hydrogens is 368 g/mol. The predicted octanol–water partition coefficient (Wildman–Crippen LogP) is 6.24. The molecule has 0 aliphatic carbocycles. The van der Waals surface area contributed by atoms with Gasteiger partial charge in [-0.3, -0.25) is 4.98 Å². The summed E-state index contributed by atoms with van der Waals surface area (Å²) in [5.74, 6) is 1.49. The molecule has 0 radical (unpaired) electrons. The van der Waals surface area contributed by atoms with E-state index >= 15 is 0 Å². The lowest BCUT2D eigenvalue weighted by atomic mass is 9.94. The monoisotopic (exact) mass is 396 g/mol.